The number of benzene rings is 3. The van der Waals surface area contributed by atoms with E-state index in [4.69, 9.17) is 19.4 Å². The Bertz CT molecular complexity index is 1980. The number of fused-ring (bicyclic) bond motifs is 2. The minimum Gasteiger partial charge on any atom is -0.496 e. The molecule has 0 aromatic heterocycles. The lowest BCUT2D eigenvalue weighted by atomic mass is 9.45. The number of carbonyl (C=O) groups is 3. The van der Waals surface area contributed by atoms with E-state index < -0.39 is 36.1 Å². The number of amides is 3. The number of hydroxylamine groups is 2. The Balaban J connectivity index is 1.27. The molecule has 2 bridgehead atoms. The number of carbonyl (C=O) groups excluding carboxylic acids is 3. The highest BCUT2D eigenvalue weighted by Crippen LogP contribution is 2.61. The summed E-state index contributed by atoms with van der Waals surface area (Å²) in [5.41, 5.74) is 4.25. The molecule has 332 valence electrons. The summed E-state index contributed by atoms with van der Waals surface area (Å²) < 4.78 is 11.4. The van der Waals surface area contributed by atoms with Crippen molar-refractivity contribution in [2.45, 2.75) is 83.8 Å². The smallest absolute Gasteiger partial charge is 0.252 e. The van der Waals surface area contributed by atoms with Crippen molar-refractivity contribution in [1.29, 1.82) is 0 Å². The van der Waals surface area contributed by atoms with Crippen molar-refractivity contribution in [3.63, 3.8) is 0 Å². The summed E-state index contributed by atoms with van der Waals surface area (Å²) in [6, 6.07) is 18.8. The van der Waals surface area contributed by atoms with Crippen LogP contribution in [0.2, 0.25) is 0 Å². The number of aliphatic hydroxyl groups excluding tert-OH is 3. The molecule has 3 aromatic carbocycles. The molecule has 1 saturated heterocycles. The van der Waals surface area contributed by atoms with Crippen LogP contribution in [0.3, 0.4) is 0 Å². The average molecular weight is 844 g/mol. The van der Waals surface area contributed by atoms with Gasteiger partial charge in [0.2, 0.25) is 11.8 Å². The fourth-order valence-electron chi connectivity index (χ4n) is 9.82. The van der Waals surface area contributed by atoms with Crippen molar-refractivity contribution in [2.24, 2.45) is 29.1 Å². The zero-order valence-corrected chi connectivity index (χ0v) is 36.6. The number of nitrogens with one attached hydrogen (secondary N) is 3. The topological polar surface area (TPSA) is 182 Å². The van der Waals surface area contributed by atoms with Gasteiger partial charge in [0.1, 0.15) is 23.9 Å². The molecule has 1 aliphatic heterocycles. The molecule has 3 amide bonds. The minimum absolute atomic E-state index is 0.00201. The molecule has 0 unspecified atom stereocenters. The minimum atomic E-state index is -0.940. The third-order valence-corrected chi connectivity index (χ3v) is 13.4. The summed E-state index contributed by atoms with van der Waals surface area (Å²) in [4.78, 5) is 50.1. The number of ether oxygens (including phenoxy) is 2. The first-order chi connectivity index (χ1) is 29.2. The number of rotatable bonds is 19. The molecule has 3 aromatic rings. The molecule has 14 heteroatoms. The van der Waals surface area contributed by atoms with Gasteiger partial charge in [0.15, 0.2) is 0 Å². The van der Waals surface area contributed by atoms with E-state index in [-0.39, 0.29) is 69.2 Å². The first-order valence-corrected chi connectivity index (χ1v) is 21.5. The van der Waals surface area contributed by atoms with Crippen molar-refractivity contribution in [1.82, 2.24) is 21.0 Å². The third kappa shape index (κ3) is 10.2. The molecule has 61 heavy (non-hydrogen) atoms. The van der Waals surface area contributed by atoms with Crippen LogP contribution in [0.5, 0.6) is 5.75 Å². The van der Waals surface area contributed by atoms with Crippen molar-refractivity contribution >= 4 is 23.4 Å². The molecule has 6 N–H and O–H groups in total. The van der Waals surface area contributed by atoms with E-state index >= 15 is 0 Å². The molecular formula is C47H65N5O9. The van der Waals surface area contributed by atoms with Crippen LogP contribution in [-0.4, -0.2) is 123 Å². The SMILES string of the molecule is COc1c(CN2O[C@@H](CO)[C@H]([C@H](C)O)[C@H]2C(=O)N[C@H]2C[C@H]3C[C@@H]([C@@H]2C)C3(C)C)cccc1-c1cc(C(=O)N[C@H](Cc2ccccc2)C(=O)NCCOCCO)cc(N(C)C)c1. The number of anilines is 1. The van der Waals surface area contributed by atoms with Crippen molar-refractivity contribution in [3.05, 3.63) is 83.4 Å². The van der Waals surface area contributed by atoms with Crippen molar-refractivity contribution in [2.75, 3.05) is 59.1 Å². The molecule has 14 nitrogen and oxygen atoms in total. The Morgan fingerprint density at radius 3 is 2.41 bits per heavy atom. The van der Waals surface area contributed by atoms with Crippen LogP contribution in [0.1, 0.15) is 62.0 Å². The summed E-state index contributed by atoms with van der Waals surface area (Å²) in [5.74, 6) is 0.135. The molecule has 3 saturated carbocycles. The third-order valence-electron chi connectivity index (χ3n) is 13.4. The second-order valence-corrected chi connectivity index (χ2v) is 17.7. The van der Waals surface area contributed by atoms with Gasteiger partial charge in [-0.2, -0.15) is 5.06 Å². The summed E-state index contributed by atoms with van der Waals surface area (Å²) in [6.45, 7) is 8.69. The standard InChI is InChI=1S/C47H65N5O9/c1-28-37-24-34(47(37,3)4)25-38(28)49-46(58)42-41(29(2)55)40(27-54)61-52(42)26-31-14-11-15-36(43(31)59-7)32-21-33(23-35(22-32)51(5)6)44(56)50-39(20-30-12-9-8-10-13-30)45(57)48-16-18-60-19-17-53/h8-15,21-23,28-29,34,37-42,53-55H,16-20,24-27H2,1-7H3,(H,48,57)(H,49,58)(H,50,56)/t28-,29-,34+,37-,38-,39+,40-,41-,42-/m0/s1. The molecule has 4 fully saturated rings. The van der Waals surface area contributed by atoms with Crippen LogP contribution >= 0.6 is 0 Å². The fourth-order valence-corrected chi connectivity index (χ4v) is 9.82. The highest BCUT2D eigenvalue weighted by atomic mass is 16.7. The first-order valence-electron chi connectivity index (χ1n) is 21.5. The molecule has 7 rings (SSSR count). The van der Waals surface area contributed by atoms with E-state index in [0.717, 1.165) is 17.7 Å². The molecule has 1 heterocycles. The van der Waals surface area contributed by atoms with Crippen molar-refractivity contribution < 1.29 is 44.0 Å². The molecular weight excluding hydrogens is 779 g/mol. The predicted molar refractivity (Wildman–Crippen MR) is 233 cm³/mol. The summed E-state index contributed by atoms with van der Waals surface area (Å²) >= 11 is 0. The van der Waals surface area contributed by atoms with Crippen LogP contribution in [0, 0.1) is 29.1 Å². The molecule has 0 spiro atoms. The molecule has 4 aliphatic rings. The first kappa shape index (κ1) is 45.9. The second kappa shape index (κ2) is 20.1. The van der Waals surface area contributed by atoms with Crippen molar-refractivity contribution in [3.8, 4) is 16.9 Å². The highest BCUT2D eigenvalue weighted by Gasteiger charge is 2.57. The normalized spacial score (nSPS) is 25.2. The van der Waals surface area contributed by atoms with Crippen LogP contribution in [0.25, 0.3) is 11.1 Å². The summed E-state index contributed by atoms with van der Waals surface area (Å²) in [6.07, 6.45) is 0.597. The van der Waals surface area contributed by atoms with E-state index in [9.17, 15) is 24.6 Å². The lowest BCUT2D eigenvalue weighted by Crippen LogP contribution is -2.62. The Labute approximate surface area is 359 Å². The van der Waals surface area contributed by atoms with Gasteiger partial charge in [-0.05, 0) is 72.3 Å². The zero-order chi connectivity index (χ0) is 44.0. The van der Waals surface area contributed by atoms with Gasteiger partial charge < -0.3 is 45.6 Å². The zero-order valence-electron chi connectivity index (χ0n) is 36.6. The van der Waals surface area contributed by atoms with Gasteiger partial charge in [-0.1, -0.05) is 69.3 Å². The van der Waals surface area contributed by atoms with Gasteiger partial charge in [0, 0.05) is 61.4 Å². The van der Waals surface area contributed by atoms with Gasteiger partial charge in [0.05, 0.1) is 46.2 Å². The largest absolute Gasteiger partial charge is 0.496 e. The average Bonchev–Trinajstić information content (AvgIpc) is 3.62. The monoisotopic (exact) mass is 843 g/mol. The lowest BCUT2D eigenvalue weighted by Gasteiger charge is -2.62. The molecule has 3 aliphatic carbocycles. The Hall–Kier alpha value is -4.57. The van der Waals surface area contributed by atoms with Gasteiger partial charge >= 0.3 is 0 Å². The van der Waals surface area contributed by atoms with Crippen LogP contribution in [-0.2, 0) is 32.1 Å². The number of aliphatic hydroxyl groups is 3. The van der Waals surface area contributed by atoms with Gasteiger partial charge in [-0.25, -0.2) is 0 Å². The highest BCUT2D eigenvalue weighted by molar-refractivity contribution is 6.00. The van der Waals surface area contributed by atoms with Gasteiger partial charge in [-0.15, -0.1) is 0 Å². The van der Waals surface area contributed by atoms with E-state index in [0.29, 0.717) is 45.8 Å². The van der Waals surface area contributed by atoms with Crippen LogP contribution in [0.15, 0.2) is 66.7 Å². The summed E-state index contributed by atoms with van der Waals surface area (Å²) in [5, 5.41) is 41.1. The number of hydrogen-bond acceptors (Lipinski definition) is 11. The maximum Gasteiger partial charge on any atom is 0.252 e. The van der Waals surface area contributed by atoms with Crippen LogP contribution in [0.4, 0.5) is 5.69 Å². The number of para-hydroxylation sites is 1. The number of hydrogen-bond donors (Lipinski definition) is 6. The van der Waals surface area contributed by atoms with E-state index in [2.05, 4.69) is 36.7 Å². The quantitative estimate of drug-likeness (QED) is 0.0972. The molecule has 0 radical (unpaired) electrons. The van der Waals surface area contributed by atoms with Crippen LogP contribution < -0.4 is 25.6 Å². The maximum atomic E-state index is 14.3. The van der Waals surface area contributed by atoms with Gasteiger partial charge in [-0.3, -0.25) is 19.2 Å². The Kier molecular flexibility index (Phi) is 15.1. The van der Waals surface area contributed by atoms with E-state index in [1.165, 1.54) is 6.42 Å². The predicted octanol–water partition coefficient (Wildman–Crippen LogP) is 3.56. The van der Waals surface area contributed by atoms with E-state index in [1.54, 1.807) is 31.2 Å². The van der Waals surface area contributed by atoms with Gasteiger partial charge in [0.25, 0.3) is 5.91 Å². The maximum absolute atomic E-state index is 14.3. The second-order valence-electron chi connectivity index (χ2n) is 17.7. The fraction of sp³-hybridized carbons (Fsp3) is 0.553. The number of nitrogens with zero attached hydrogens (tertiary/aromatic N) is 2. The lowest BCUT2D eigenvalue weighted by molar-refractivity contribution is -0.183. The van der Waals surface area contributed by atoms with E-state index in [1.807, 2.05) is 73.6 Å². The molecule has 9 atom stereocenters. The summed E-state index contributed by atoms with van der Waals surface area (Å²) in [7, 11) is 5.32. The number of methoxy groups -OCH3 is 1. The Morgan fingerprint density at radius 1 is 1.02 bits per heavy atom. The Morgan fingerprint density at radius 2 is 1.77 bits per heavy atom.